The average Bonchev–Trinajstić information content (AvgIpc) is 2.69. The van der Waals surface area contributed by atoms with Gasteiger partial charge in [0.05, 0.1) is 5.69 Å². The molecule has 1 rings (SSSR count). The molecule has 0 aliphatic carbocycles. The van der Waals surface area contributed by atoms with Gasteiger partial charge in [-0.25, -0.2) is 14.3 Å². The van der Waals surface area contributed by atoms with Crippen molar-refractivity contribution in [3.63, 3.8) is 0 Å². The number of amides is 1. The summed E-state index contributed by atoms with van der Waals surface area (Å²) in [7, 11) is 0. The van der Waals surface area contributed by atoms with Crippen LogP contribution in [0, 0.1) is 5.92 Å². The molecular weight excluding hydrogens is 288 g/mol. The first-order valence-corrected chi connectivity index (χ1v) is 7.22. The van der Waals surface area contributed by atoms with Gasteiger partial charge in [-0.15, -0.1) is 5.10 Å². The molecule has 0 saturated carbocycles. The zero-order valence-corrected chi connectivity index (χ0v) is 13.7. The third-order valence-electron chi connectivity index (χ3n) is 2.61. The Morgan fingerprint density at radius 2 is 2.00 bits per heavy atom. The number of nitrogens with zero attached hydrogens (tertiary/aromatic N) is 3. The number of alkyl carbamates (subject to hydrolysis) is 1. The van der Waals surface area contributed by atoms with Crippen LogP contribution in [-0.2, 0) is 17.7 Å². The summed E-state index contributed by atoms with van der Waals surface area (Å²) in [6, 6.07) is 0. The molecule has 0 aliphatic heterocycles. The predicted octanol–water partition coefficient (Wildman–Crippen LogP) is 1.70. The molecular formula is C14H24N4O4. The van der Waals surface area contributed by atoms with Crippen molar-refractivity contribution in [2.45, 2.75) is 53.2 Å². The fourth-order valence-corrected chi connectivity index (χ4v) is 1.84. The van der Waals surface area contributed by atoms with Crippen LogP contribution < -0.4 is 5.32 Å². The summed E-state index contributed by atoms with van der Waals surface area (Å²) < 4.78 is 6.70. The van der Waals surface area contributed by atoms with Crippen LogP contribution in [-0.4, -0.2) is 44.3 Å². The van der Waals surface area contributed by atoms with E-state index in [9.17, 15) is 9.59 Å². The first-order valence-electron chi connectivity index (χ1n) is 7.22. The summed E-state index contributed by atoms with van der Waals surface area (Å²) in [6.07, 6.45) is -0.215. The molecule has 1 aromatic rings. The van der Waals surface area contributed by atoms with Crippen molar-refractivity contribution in [1.82, 2.24) is 20.3 Å². The smallest absolute Gasteiger partial charge is 0.407 e. The minimum atomic E-state index is -1.12. The van der Waals surface area contributed by atoms with Crippen molar-refractivity contribution in [3.05, 3.63) is 11.4 Å². The van der Waals surface area contributed by atoms with Crippen LogP contribution in [0.5, 0.6) is 0 Å². The maximum Gasteiger partial charge on any atom is 0.407 e. The maximum atomic E-state index is 11.6. The molecule has 0 saturated heterocycles. The van der Waals surface area contributed by atoms with Crippen LogP contribution in [0.3, 0.4) is 0 Å². The first-order chi connectivity index (χ1) is 10.1. The zero-order valence-electron chi connectivity index (χ0n) is 13.7. The van der Waals surface area contributed by atoms with Crippen molar-refractivity contribution in [3.8, 4) is 0 Å². The van der Waals surface area contributed by atoms with E-state index in [-0.39, 0.29) is 12.2 Å². The van der Waals surface area contributed by atoms with Crippen LogP contribution in [0.4, 0.5) is 4.79 Å². The Bertz CT molecular complexity index is 531. The van der Waals surface area contributed by atoms with Gasteiger partial charge in [-0.1, -0.05) is 19.1 Å². The molecule has 8 heteroatoms. The molecule has 0 aliphatic rings. The molecule has 1 amide bonds. The number of aromatic nitrogens is 3. The minimum Gasteiger partial charge on any atom is -0.476 e. The summed E-state index contributed by atoms with van der Waals surface area (Å²) in [4.78, 5) is 22.8. The Hall–Kier alpha value is -2.12. The minimum absolute atomic E-state index is 0.0772. The van der Waals surface area contributed by atoms with Crippen molar-refractivity contribution >= 4 is 12.1 Å². The van der Waals surface area contributed by atoms with Gasteiger partial charge in [0, 0.05) is 19.5 Å². The van der Waals surface area contributed by atoms with E-state index >= 15 is 0 Å². The molecule has 0 spiro atoms. The van der Waals surface area contributed by atoms with E-state index in [2.05, 4.69) is 15.6 Å². The maximum absolute atomic E-state index is 11.6. The predicted molar refractivity (Wildman–Crippen MR) is 79.8 cm³/mol. The number of nitrogens with one attached hydrogen (secondary N) is 1. The number of rotatable bonds is 6. The largest absolute Gasteiger partial charge is 0.476 e. The zero-order chi connectivity index (χ0) is 16.9. The Kier molecular flexibility index (Phi) is 5.90. The highest BCUT2D eigenvalue weighted by molar-refractivity contribution is 5.86. The monoisotopic (exact) mass is 312 g/mol. The highest BCUT2D eigenvalue weighted by Crippen LogP contribution is 2.10. The van der Waals surface area contributed by atoms with E-state index in [4.69, 9.17) is 9.84 Å². The molecule has 0 atom stereocenters. The SMILES string of the molecule is CC(C)Cn1nnc(C(=O)O)c1CCNC(=O)OC(C)(C)C. The number of carboxylic acid groups (broad SMARTS) is 1. The summed E-state index contributed by atoms with van der Waals surface area (Å²) in [5.41, 5.74) is -0.152. The number of ether oxygens (including phenoxy) is 1. The summed E-state index contributed by atoms with van der Waals surface area (Å²) in [6.45, 7) is 10.2. The molecule has 22 heavy (non-hydrogen) atoms. The molecule has 0 unspecified atom stereocenters. The Morgan fingerprint density at radius 1 is 1.36 bits per heavy atom. The molecule has 0 radical (unpaired) electrons. The van der Waals surface area contributed by atoms with E-state index in [1.165, 1.54) is 0 Å². The van der Waals surface area contributed by atoms with Gasteiger partial charge in [-0.2, -0.15) is 0 Å². The number of carbonyl (C=O) groups excluding carboxylic acids is 1. The van der Waals surface area contributed by atoms with Crippen molar-refractivity contribution in [1.29, 1.82) is 0 Å². The fraction of sp³-hybridized carbons (Fsp3) is 0.714. The molecule has 0 fully saturated rings. The van der Waals surface area contributed by atoms with Gasteiger partial charge in [0.2, 0.25) is 0 Å². The highest BCUT2D eigenvalue weighted by Gasteiger charge is 2.20. The Balaban J connectivity index is 2.69. The second-order valence-electron chi connectivity index (χ2n) is 6.44. The topological polar surface area (TPSA) is 106 Å². The standard InChI is InChI=1S/C14H24N4O4/c1-9(2)8-18-10(11(12(19)20)16-17-18)6-7-15-13(21)22-14(3,4)5/h9H,6-8H2,1-5H3,(H,15,21)(H,19,20). The van der Waals surface area contributed by atoms with Gasteiger partial charge in [0.25, 0.3) is 0 Å². The van der Waals surface area contributed by atoms with Crippen molar-refractivity contribution < 1.29 is 19.4 Å². The lowest BCUT2D eigenvalue weighted by molar-refractivity contribution is 0.0528. The molecule has 1 heterocycles. The molecule has 8 nitrogen and oxygen atoms in total. The quantitative estimate of drug-likeness (QED) is 0.828. The number of aromatic carboxylic acids is 1. The van der Waals surface area contributed by atoms with Crippen molar-refractivity contribution in [2.24, 2.45) is 5.92 Å². The number of hydrogen-bond acceptors (Lipinski definition) is 5. The van der Waals surface area contributed by atoms with E-state index in [0.29, 0.717) is 24.6 Å². The van der Waals surface area contributed by atoms with Gasteiger partial charge < -0.3 is 15.2 Å². The lowest BCUT2D eigenvalue weighted by Gasteiger charge is -2.19. The molecule has 0 bridgehead atoms. The van der Waals surface area contributed by atoms with E-state index in [1.807, 2.05) is 13.8 Å². The Labute approximate surface area is 129 Å². The Morgan fingerprint density at radius 3 is 2.50 bits per heavy atom. The lowest BCUT2D eigenvalue weighted by atomic mass is 10.2. The van der Waals surface area contributed by atoms with Crippen LogP contribution in [0.2, 0.25) is 0 Å². The third-order valence-corrected chi connectivity index (χ3v) is 2.61. The van der Waals surface area contributed by atoms with E-state index in [0.717, 1.165) is 0 Å². The second-order valence-corrected chi connectivity index (χ2v) is 6.44. The van der Waals surface area contributed by atoms with Crippen LogP contribution in [0.25, 0.3) is 0 Å². The summed E-state index contributed by atoms with van der Waals surface area (Å²) in [5.74, 6) is -0.816. The van der Waals surface area contributed by atoms with E-state index < -0.39 is 17.7 Å². The van der Waals surface area contributed by atoms with Gasteiger partial charge in [0.15, 0.2) is 5.69 Å². The number of hydrogen-bond donors (Lipinski definition) is 2. The highest BCUT2D eigenvalue weighted by atomic mass is 16.6. The normalized spacial score (nSPS) is 11.5. The number of carbonyl (C=O) groups is 2. The molecule has 124 valence electrons. The van der Waals surface area contributed by atoms with Gasteiger partial charge in [0.1, 0.15) is 5.60 Å². The summed E-state index contributed by atoms with van der Waals surface area (Å²) in [5, 5.41) is 19.3. The van der Waals surface area contributed by atoms with Crippen LogP contribution in [0.1, 0.15) is 50.8 Å². The first kappa shape index (κ1) is 17.9. The van der Waals surface area contributed by atoms with Gasteiger partial charge >= 0.3 is 12.1 Å². The van der Waals surface area contributed by atoms with Crippen molar-refractivity contribution in [2.75, 3.05) is 6.54 Å². The van der Waals surface area contributed by atoms with E-state index in [1.54, 1.807) is 25.5 Å². The van der Waals surface area contributed by atoms with Gasteiger partial charge in [-0.3, -0.25) is 0 Å². The fourth-order valence-electron chi connectivity index (χ4n) is 1.84. The lowest BCUT2D eigenvalue weighted by Crippen LogP contribution is -2.34. The average molecular weight is 312 g/mol. The molecule has 1 aromatic heterocycles. The number of carboxylic acids is 1. The van der Waals surface area contributed by atoms with Crippen LogP contribution >= 0.6 is 0 Å². The summed E-state index contributed by atoms with van der Waals surface area (Å²) >= 11 is 0. The third kappa shape index (κ3) is 5.71. The molecule has 0 aromatic carbocycles. The van der Waals surface area contributed by atoms with Crippen LogP contribution in [0.15, 0.2) is 0 Å². The molecule has 2 N–H and O–H groups in total. The second kappa shape index (κ2) is 7.24. The van der Waals surface area contributed by atoms with Gasteiger partial charge in [-0.05, 0) is 26.7 Å².